The van der Waals surface area contributed by atoms with E-state index in [1.54, 1.807) is 29.9 Å². The third kappa shape index (κ3) is 3.60. The van der Waals surface area contributed by atoms with Crippen molar-refractivity contribution >= 4 is 11.8 Å². The number of nitrogens with zero attached hydrogens (tertiary/aromatic N) is 3. The fourth-order valence-corrected chi connectivity index (χ4v) is 3.84. The van der Waals surface area contributed by atoms with Crippen molar-refractivity contribution in [3.63, 3.8) is 0 Å². The molecule has 0 unspecified atom stereocenters. The molecule has 27 heavy (non-hydrogen) atoms. The van der Waals surface area contributed by atoms with Crippen molar-refractivity contribution in [1.82, 2.24) is 20.0 Å². The molecule has 0 radical (unpaired) electrons. The lowest BCUT2D eigenvalue weighted by Crippen LogP contribution is -2.53. The molecule has 7 nitrogen and oxygen atoms in total. The molecule has 1 aliphatic carbocycles. The average molecular weight is 368 g/mol. The molecule has 7 heteroatoms. The molecule has 1 saturated heterocycles. The molecule has 4 rings (SSSR count). The molecule has 2 aromatic rings. The summed E-state index contributed by atoms with van der Waals surface area (Å²) < 4.78 is 7.28. The van der Waals surface area contributed by atoms with Crippen LogP contribution in [0.4, 0.5) is 0 Å². The quantitative estimate of drug-likeness (QED) is 0.861. The second kappa shape index (κ2) is 7.15. The summed E-state index contributed by atoms with van der Waals surface area (Å²) in [5.41, 5.74) is 2.12. The molecule has 1 aliphatic heterocycles. The monoisotopic (exact) mass is 368 g/mol. The van der Waals surface area contributed by atoms with Gasteiger partial charge in [-0.25, -0.2) is 0 Å². The number of morpholine rings is 1. The van der Waals surface area contributed by atoms with E-state index in [0.717, 1.165) is 12.0 Å². The fourth-order valence-electron chi connectivity index (χ4n) is 3.84. The summed E-state index contributed by atoms with van der Waals surface area (Å²) in [6.45, 7) is 0.539. The summed E-state index contributed by atoms with van der Waals surface area (Å²) in [5, 5.41) is 7.19. The summed E-state index contributed by atoms with van der Waals surface area (Å²) in [5.74, 6) is 0.648. The zero-order chi connectivity index (χ0) is 19.0. The van der Waals surface area contributed by atoms with Crippen LogP contribution in [0, 0.1) is 5.92 Å². The van der Waals surface area contributed by atoms with Crippen LogP contribution in [0.15, 0.2) is 42.7 Å². The van der Waals surface area contributed by atoms with Crippen LogP contribution in [-0.4, -0.2) is 52.8 Å². The van der Waals surface area contributed by atoms with E-state index < -0.39 is 12.1 Å². The average Bonchev–Trinajstić information content (AvgIpc) is 3.34. The highest BCUT2D eigenvalue weighted by molar-refractivity contribution is 5.86. The van der Waals surface area contributed by atoms with Gasteiger partial charge in [0.2, 0.25) is 5.91 Å². The van der Waals surface area contributed by atoms with Crippen molar-refractivity contribution in [1.29, 1.82) is 0 Å². The van der Waals surface area contributed by atoms with Gasteiger partial charge in [0, 0.05) is 32.4 Å². The number of hydrogen-bond acceptors (Lipinski definition) is 4. The largest absolute Gasteiger partial charge is 0.356 e. The molecule has 0 spiro atoms. The maximum absolute atomic E-state index is 12.8. The lowest BCUT2D eigenvalue weighted by Gasteiger charge is -2.37. The maximum atomic E-state index is 12.8. The van der Waals surface area contributed by atoms with Crippen molar-refractivity contribution < 1.29 is 14.3 Å². The number of rotatable bonds is 5. The van der Waals surface area contributed by atoms with Gasteiger partial charge in [-0.3, -0.25) is 14.3 Å². The second-order valence-electron chi connectivity index (χ2n) is 7.39. The number of hydrogen-bond donors (Lipinski definition) is 1. The number of carbonyl (C=O) groups excluding carboxylic acids is 2. The number of nitrogens with one attached hydrogen (secondary N) is 1. The minimum absolute atomic E-state index is 0.0819. The van der Waals surface area contributed by atoms with Gasteiger partial charge in [-0.05, 0) is 23.8 Å². The first-order valence-corrected chi connectivity index (χ1v) is 9.23. The van der Waals surface area contributed by atoms with Gasteiger partial charge in [0.05, 0.1) is 12.2 Å². The van der Waals surface area contributed by atoms with E-state index in [4.69, 9.17) is 4.74 Å². The van der Waals surface area contributed by atoms with Gasteiger partial charge in [0.15, 0.2) is 6.10 Å². The number of aromatic nitrogens is 2. The Morgan fingerprint density at radius 2 is 2.04 bits per heavy atom. The topological polar surface area (TPSA) is 76.5 Å². The van der Waals surface area contributed by atoms with Crippen LogP contribution in [0.5, 0.6) is 0 Å². The first-order valence-electron chi connectivity index (χ1n) is 9.23. The van der Waals surface area contributed by atoms with Gasteiger partial charge in [-0.1, -0.05) is 30.3 Å². The molecule has 2 fully saturated rings. The highest BCUT2D eigenvalue weighted by Crippen LogP contribution is 2.46. The second-order valence-corrected chi connectivity index (χ2v) is 7.39. The van der Waals surface area contributed by atoms with Crippen LogP contribution >= 0.6 is 0 Å². The van der Waals surface area contributed by atoms with Crippen LogP contribution in [-0.2, 0) is 21.4 Å². The molecule has 4 atom stereocenters. The summed E-state index contributed by atoms with van der Waals surface area (Å²) >= 11 is 0. The highest BCUT2D eigenvalue weighted by atomic mass is 16.5. The normalized spacial score (nSPS) is 27.5. The van der Waals surface area contributed by atoms with Crippen LogP contribution < -0.4 is 5.32 Å². The summed E-state index contributed by atoms with van der Waals surface area (Å²) in [4.78, 5) is 26.5. The first kappa shape index (κ1) is 17.7. The summed E-state index contributed by atoms with van der Waals surface area (Å²) in [6.07, 6.45) is 3.84. The Balaban J connectivity index is 1.40. The van der Waals surface area contributed by atoms with E-state index in [-0.39, 0.29) is 18.4 Å². The zero-order valence-electron chi connectivity index (χ0n) is 15.5. The Kier molecular flexibility index (Phi) is 4.70. The van der Waals surface area contributed by atoms with Crippen molar-refractivity contribution in [2.75, 3.05) is 20.2 Å². The minimum atomic E-state index is -0.731. The maximum Gasteiger partial charge on any atom is 0.251 e. The summed E-state index contributed by atoms with van der Waals surface area (Å²) in [7, 11) is 3.51. The lowest BCUT2D eigenvalue weighted by atomic mass is 10.0. The Hall–Kier alpha value is -2.67. The van der Waals surface area contributed by atoms with Crippen LogP contribution in [0.1, 0.15) is 29.5 Å². The molecular formula is C20H24N4O3. The Morgan fingerprint density at radius 3 is 2.74 bits per heavy atom. The predicted octanol–water partition coefficient (Wildman–Crippen LogP) is 1.24. The zero-order valence-corrected chi connectivity index (χ0v) is 15.5. The molecule has 0 bridgehead atoms. The number of likely N-dealkylation sites (N-methyl/N-ethyl adjacent to an activating group) is 1. The van der Waals surface area contributed by atoms with Gasteiger partial charge < -0.3 is 15.0 Å². The van der Waals surface area contributed by atoms with E-state index in [1.807, 2.05) is 24.4 Å². The van der Waals surface area contributed by atoms with Crippen LogP contribution in [0.25, 0.3) is 0 Å². The number of ether oxygens (including phenoxy) is 1. The molecule has 142 valence electrons. The van der Waals surface area contributed by atoms with Gasteiger partial charge in [0.1, 0.15) is 6.61 Å². The van der Waals surface area contributed by atoms with Gasteiger partial charge in [0.25, 0.3) is 5.91 Å². The molecule has 1 N–H and O–H groups in total. The standard InChI is InChI=1S/C20H24N4O3/c1-23-11-15(10-22-23)18-19(27-12-17(25)24(18)2)20(26)21-9-14-8-16(14)13-6-4-3-5-7-13/h3-7,10-11,14,16,18-19H,8-9,12H2,1-2H3,(H,21,26)/t14-,16-,18-,19-/m1/s1. The SMILES string of the molecule is CN1C(=O)CO[C@@H](C(=O)NC[C@H]2C[C@@H]2c2ccccc2)[C@H]1c1cnn(C)c1. The third-order valence-corrected chi connectivity index (χ3v) is 5.50. The number of benzene rings is 1. The molecular weight excluding hydrogens is 344 g/mol. The lowest BCUT2D eigenvalue weighted by molar-refractivity contribution is -0.162. The molecule has 1 saturated carbocycles. The van der Waals surface area contributed by atoms with Crippen molar-refractivity contribution in [2.24, 2.45) is 13.0 Å². The van der Waals surface area contributed by atoms with Crippen LogP contribution in [0.3, 0.4) is 0 Å². The fraction of sp³-hybridized carbons (Fsp3) is 0.450. The Morgan fingerprint density at radius 1 is 1.26 bits per heavy atom. The molecule has 2 heterocycles. The molecule has 2 amide bonds. The van der Waals surface area contributed by atoms with Crippen molar-refractivity contribution in [2.45, 2.75) is 24.5 Å². The van der Waals surface area contributed by atoms with E-state index in [0.29, 0.717) is 18.4 Å². The van der Waals surface area contributed by atoms with Gasteiger partial charge in [-0.15, -0.1) is 0 Å². The van der Waals surface area contributed by atoms with Crippen molar-refractivity contribution in [3.05, 3.63) is 53.9 Å². The van der Waals surface area contributed by atoms with E-state index in [1.165, 1.54) is 5.56 Å². The predicted molar refractivity (Wildman–Crippen MR) is 98.8 cm³/mol. The van der Waals surface area contributed by atoms with Crippen molar-refractivity contribution in [3.8, 4) is 0 Å². The van der Waals surface area contributed by atoms with E-state index >= 15 is 0 Å². The number of carbonyl (C=O) groups is 2. The third-order valence-electron chi connectivity index (χ3n) is 5.50. The Labute approximate surface area is 158 Å². The summed E-state index contributed by atoms with van der Waals surface area (Å²) in [6, 6.07) is 9.91. The number of amides is 2. The molecule has 1 aromatic carbocycles. The first-order chi connectivity index (χ1) is 13.0. The van der Waals surface area contributed by atoms with Crippen LogP contribution in [0.2, 0.25) is 0 Å². The highest BCUT2D eigenvalue weighted by Gasteiger charge is 2.42. The minimum Gasteiger partial charge on any atom is -0.356 e. The van der Waals surface area contributed by atoms with Gasteiger partial charge in [-0.2, -0.15) is 5.10 Å². The van der Waals surface area contributed by atoms with Gasteiger partial charge >= 0.3 is 0 Å². The number of aryl methyl sites for hydroxylation is 1. The van der Waals surface area contributed by atoms with E-state index in [9.17, 15) is 9.59 Å². The molecule has 1 aromatic heterocycles. The Bertz CT molecular complexity index is 835. The van der Waals surface area contributed by atoms with E-state index in [2.05, 4.69) is 22.5 Å². The molecule has 2 aliphatic rings. The smallest absolute Gasteiger partial charge is 0.251 e.